The Morgan fingerprint density at radius 2 is 2.29 bits per heavy atom. The second kappa shape index (κ2) is 6.42. The first kappa shape index (κ1) is 15.7. The van der Waals surface area contributed by atoms with Crippen LogP contribution in [0.5, 0.6) is 5.75 Å². The lowest BCUT2D eigenvalue weighted by atomic mass is 10.1. The first-order valence-corrected chi connectivity index (χ1v) is 7.91. The number of ether oxygens (including phenoxy) is 2. The lowest BCUT2D eigenvalue weighted by molar-refractivity contribution is 0.0696. The monoisotopic (exact) mass is 315 g/mol. The average Bonchev–Trinajstić information content (AvgIpc) is 2.97. The minimum Gasteiger partial charge on any atom is -0.495 e. The predicted octanol–water partition coefficient (Wildman–Crippen LogP) is 0.708. The summed E-state index contributed by atoms with van der Waals surface area (Å²) in [6.07, 6.45) is 0.817. The summed E-state index contributed by atoms with van der Waals surface area (Å²) in [6.45, 7) is 1.47. The molecule has 21 heavy (non-hydrogen) atoms. The van der Waals surface area contributed by atoms with Crippen molar-refractivity contribution in [1.82, 2.24) is 4.72 Å². The van der Waals surface area contributed by atoms with Crippen molar-refractivity contribution in [2.45, 2.75) is 11.3 Å². The van der Waals surface area contributed by atoms with Gasteiger partial charge in [0.25, 0.3) is 0 Å². The largest absolute Gasteiger partial charge is 0.495 e. The summed E-state index contributed by atoms with van der Waals surface area (Å²) in [5, 5.41) is 8.91. The molecule has 1 aliphatic heterocycles. The molecule has 0 aromatic heterocycles. The number of hydrogen-bond donors (Lipinski definition) is 2. The van der Waals surface area contributed by atoms with Gasteiger partial charge in [0.1, 0.15) is 10.6 Å². The van der Waals surface area contributed by atoms with Gasteiger partial charge in [-0.05, 0) is 30.5 Å². The number of carbonyl (C=O) groups is 1. The standard InChI is InChI=1S/C13H17NO6S/c1-19-11-6-10(13(15)16)2-3-12(11)21(17,18)14-7-9-4-5-20-8-9/h2-3,6,9,14H,4-5,7-8H2,1H3,(H,15,16). The smallest absolute Gasteiger partial charge is 0.335 e. The van der Waals surface area contributed by atoms with E-state index in [-0.39, 0.29) is 28.7 Å². The molecule has 0 spiro atoms. The van der Waals surface area contributed by atoms with Crippen molar-refractivity contribution in [3.8, 4) is 5.75 Å². The molecule has 0 radical (unpaired) electrons. The van der Waals surface area contributed by atoms with Crippen LogP contribution < -0.4 is 9.46 Å². The van der Waals surface area contributed by atoms with Crippen LogP contribution in [-0.4, -0.2) is 46.4 Å². The second-order valence-electron chi connectivity index (χ2n) is 4.75. The van der Waals surface area contributed by atoms with E-state index in [1.54, 1.807) is 0 Å². The molecule has 1 atom stereocenters. The van der Waals surface area contributed by atoms with Crippen molar-refractivity contribution in [2.75, 3.05) is 26.9 Å². The summed E-state index contributed by atoms with van der Waals surface area (Å²) in [5.41, 5.74) is -0.0324. The fourth-order valence-corrected chi connectivity index (χ4v) is 3.34. The molecule has 1 heterocycles. The Balaban J connectivity index is 2.20. The van der Waals surface area contributed by atoms with Crippen LogP contribution in [0.4, 0.5) is 0 Å². The van der Waals surface area contributed by atoms with Gasteiger partial charge in [-0.3, -0.25) is 0 Å². The van der Waals surface area contributed by atoms with Crippen molar-refractivity contribution < 1.29 is 27.8 Å². The molecule has 0 amide bonds. The molecular weight excluding hydrogens is 298 g/mol. The van der Waals surface area contributed by atoms with E-state index < -0.39 is 16.0 Å². The van der Waals surface area contributed by atoms with Crippen LogP contribution in [0.25, 0.3) is 0 Å². The van der Waals surface area contributed by atoms with Crippen LogP contribution >= 0.6 is 0 Å². The number of hydrogen-bond acceptors (Lipinski definition) is 5. The Kier molecular flexibility index (Phi) is 4.81. The molecule has 0 saturated carbocycles. The number of nitrogens with one attached hydrogen (secondary N) is 1. The summed E-state index contributed by atoms with van der Waals surface area (Å²) in [6, 6.07) is 3.66. The van der Waals surface area contributed by atoms with Gasteiger partial charge in [0.2, 0.25) is 10.0 Å². The third kappa shape index (κ3) is 3.72. The minimum atomic E-state index is -3.76. The molecule has 1 aromatic rings. The maximum Gasteiger partial charge on any atom is 0.335 e. The van der Waals surface area contributed by atoms with E-state index in [9.17, 15) is 13.2 Å². The van der Waals surface area contributed by atoms with Crippen molar-refractivity contribution in [3.63, 3.8) is 0 Å². The van der Waals surface area contributed by atoms with Gasteiger partial charge in [-0.1, -0.05) is 0 Å². The normalized spacial score (nSPS) is 18.6. The zero-order chi connectivity index (χ0) is 15.5. The van der Waals surface area contributed by atoms with Gasteiger partial charge in [-0.2, -0.15) is 0 Å². The summed E-state index contributed by atoms with van der Waals surface area (Å²) in [4.78, 5) is 10.8. The van der Waals surface area contributed by atoms with Crippen LogP contribution in [0.3, 0.4) is 0 Å². The summed E-state index contributed by atoms with van der Waals surface area (Å²) in [7, 11) is -2.46. The fraction of sp³-hybridized carbons (Fsp3) is 0.462. The minimum absolute atomic E-state index is 0.00470. The maximum atomic E-state index is 12.3. The van der Waals surface area contributed by atoms with Crippen molar-refractivity contribution in [3.05, 3.63) is 23.8 Å². The molecule has 8 heteroatoms. The fourth-order valence-electron chi connectivity index (χ4n) is 2.07. The second-order valence-corrected chi connectivity index (χ2v) is 6.49. The summed E-state index contributed by atoms with van der Waals surface area (Å²) in [5.74, 6) is -0.984. The van der Waals surface area contributed by atoms with E-state index in [4.69, 9.17) is 14.6 Å². The number of carboxylic acids is 1. The van der Waals surface area contributed by atoms with E-state index in [0.717, 1.165) is 6.42 Å². The van der Waals surface area contributed by atoms with Gasteiger partial charge in [0.15, 0.2) is 0 Å². The summed E-state index contributed by atoms with van der Waals surface area (Å²) >= 11 is 0. The molecule has 1 saturated heterocycles. The topological polar surface area (TPSA) is 102 Å². The highest BCUT2D eigenvalue weighted by Gasteiger charge is 2.23. The van der Waals surface area contributed by atoms with Gasteiger partial charge in [-0.25, -0.2) is 17.9 Å². The lowest BCUT2D eigenvalue weighted by Crippen LogP contribution is -2.30. The Morgan fingerprint density at radius 3 is 2.86 bits per heavy atom. The molecule has 2 N–H and O–H groups in total. The first-order chi connectivity index (χ1) is 9.94. The van der Waals surface area contributed by atoms with Crippen molar-refractivity contribution in [2.24, 2.45) is 5.92 Å². The molecule has 0 aliphatic carbocycles. The van der Waals surface area contributed by atoms with Crippen LogP contribution in [0.1, 0.15) is 16.8 Å². The highest BCUT2D eigenvalue weighted by molar-refractivity contribution is 7.89. The van der Waals surface area contributed by atoms with E-state index in [1.807, 2.05) is 0 Å². The van der Waals surface area contributed by atoms with Gasteiger partial charge >= 0.3 is 5.97 Å². The number of aromatic carboxylic acids is 1. The van der Waals surface area contributed by atoms with E-state index >= 15 is 0 Å². The Morgan fingerprint density at radius 1 is 1.52 bits per heavy atom. The Bertz CT molecular complexity index is 622. The van der Waals surface area contributed by atoms with Gasteiger partial charge in [-0.15, -0.1) is 0 Å². The lowest BCUT2D eigenvalue weighted by Gasteiger charge is -2.13. The van der Waals surface area contributed by atoms with E-state index in [2.05, 4.69) is 4.72 Å². The van der Waals surface area contributed by atoms with Gasteiger partial charge in [0.05, 0.1) is 19.3 Å². The number of carboxylic acid groups (broad SMARTS) is 1. The molecule has 7 nitrogen and oxygen atoms in total. The van der Waals surface area contributed by atoms with Crippen LogP contribution in [0.15, 0.2) is 23.1 Å². The molecule has 0 bridgehead atoms. The van der Waals surface area contributed by atoms with Gasteiger partial charge < -0.3 is 14.6 Å². The van der Waals surface area contributed by atoms with Crippen molar-refractivity contribution >= 4 is 16.0 Å². The third-order valence-corrected chi connectivity index (χ3v) is 4.75. The van der Waals surface area contributed by atoms with Crippen LogP contribution in [0, 0.1) is 5.92 Å². The third-order valence-electron chi connectivity index (χ3n) is 3.29. The highest BCUT2D eigenvalue weighted by atomic mass is 32.2. The predicted molar refractivity (Wildman–Crippen MR) is 74.1 cm³/mol. The maximum absolute atomic E-state index is 12.3. The summed E-state index contributed by atoms with van der Waals surface area (Å²) < 4.78 is 37.2. The van der Waals surface area contributed by atoms with E-state index in [0.29, 0.717) is 13.2 Å². The van der Waals surface area contributed by atoms with Crippen LogP contribution in [0.2, 0.25) is 0 Å². The zero-order valence-corrected chi connectivity index (χ0v) is 12.4. The molecule has 1 unspecified atom stereocenters. The number of methoxy groups -OCH3 is 1. The number of sulfonamides is 1. The van der Waals surface area contributed by atoms with Crippen molar-refractivity contribution in [1.29, 1.82) is 0 Å². The van der Waals surface area contributed by atoms with E-state index in [1.165, 1.54) is 25.3 Å². The number of rotatable bonds is 6. The number of benzene rings is 1. The molecular formula is C13H17NO6S. The highest BCUT2D eigenvalue weighted by Crippen LogP contribution is 2.25. The average molecular weight is 315 g/mol. The first-order valence-electron chi connectivity index (χ1n) is 6.43. The molecule has 116 valence electrons. The molecule has 2 rings (SSSR count). The SMILES string of the molecule is COc1cc(C(=O)O)ccc1S(=O)(=O)NCC1CCOC1. The Labute approximate surface area is 122 Å². The molecule has 1 fully saturated rings. The van der Waals surface area contributed by atoms with Gasteiger partial charge in [0, 0.05) is 13.2 Å². The zero-order valence-electron chi connectivity index (χ0n) is 11.5. The Hall–Kier alpha value is -1.64. The quantitative estimate of drug-likeness (QED) is 0.801. The molecule has 1 aliphatic rings. The van der Waals surface area contributed by atoms with Crippen LogP contribution in [-0.2, 0) is 14.8 Å². The molecule has 1 aromatic carbocycles.